The van der Waals surface area contributed by atoms with Crippen molar-refractivity contribution < 1.29 is 9.47 Å². The average molecular weight is 208 g/mol. The molecule has 3 atom stereocenters. The Morgan fingerprint density at radius 3 is 2.33 bits per heavy atom. The molecule has 1 saturated heterocycles. The van der Waals surface area contributed by atoms with Crippen molar-refractivity contribution in [2.75, 3.05) is 13.2 Å². The highest BCUT2D eigenvalue weighted by molar-refractivity contribution is 5.10. The molecule has 2 nitrogen and oxygen atoms in total. The van der Waals surface area contributed by atoms with Crippen LogP contribution in [0.15, 0.2) is 12.2 Å². The number of ether oxygens (including phenoxy) is 2. The predicted octanol–water partition coefficient (Wildman–Crippen LogP) is 2.60. The Bertz CT molecular complexity index is 272. The second kappa shape index (κ2) is 3.33. The standard InChI is InChI=1S/C13H20O2/c1-13(2)7-14-12(15-8-13)11-6-9-3-4-10(11)5-9/h3-4,9-12H,5-8H2,1-2H3/t9-,10+,11-/m0/s1. The fourth-order valence-electron chi connectivity index (χ4n) is 3.09. The van der Waals surface area contributed by atoms with Crippen LogP contribution in [0, 0.1) is 23.2 Å². The molecule has 3 aliphatic rings. The van der Waals surface area contributed by atoms with E-state index in [4.69, 9.17) is 9.47 Å². The minimum atomic E-state index is 0.0676. The van der Waals surface area contributed by atoms with Crippen molar-refractivity contribution in [3.63, 3.8) is 0 Å². The SMILES string of the molecule is CC1(C)COC([C@H]2C[C@H]3C=C[C@@H]2C3)OC1. The van der Waals surface area contributed by atoms with Crippen molar-refractivity contribution in [1.29, 1.82) is 0 Å². The van der Waals surface area contributed by atoms with Gasteiger partial charge in [-0.2, -0.15) is 0 Å². The Balaban J connectivity index is 1.63. The van der Waals surface area contributed by atoms with Crippen LogP contribution >= 0.6 is 0 Å². The number of fused-ring (bicyclic) bond motifs is 2. The van der Waals surface area contributed by atoms with Crippen LogP contribution < -0.4 is 0 Å². The van der Waals surface area contributed by atoms with Crippen molar-refractivity contribution in [3.8, 4) is 0 Å². The van der Waals surface area contributed by atoms with Gasteiger partial charge in [0.15, 0.2) is 6.29 Å². The van der Waals surface area contributed by atoms with Crippen molar-refractivity contribution >= 4 is 0 Å². The van der Waals surface area contributed by atoms with Gasteiger partial charge in [-0.15, -0.1) is 0 Å². The Morgan fingerprint density at radius 2 is 1.80 bits per heavy atom. The number of rotatable bonds is 1. The third kappa shape index (κ3) is 1.74. The zero-order valence-corrected chi connectivity index (χ0v) is 9.61. The summed E-state index contributed by atoms with van der Waals surface area (Å²) in [6.07, 6.45) is 7.40. The highest BCUT2D eigenvalue weighted by Gasteiger charge is 2.43. The first-order valence-electron chi connectivity index (χ1n) is 6.06. The predicted molar refractivity (Wildman–Crippen MR) is 58.3 cm³/mol. The maximum Gasteiger partial charge on any atom is 0.160 e. The van der Waals surface area contributed by atoms with Crippen LogP contribution in [0.4, 0.5) is 0 Å². The van der Waals surface area contributed by atoms with Gasteiger partial charge in [0.2, 0.25) is 0 Å². The molecule has 1 saturated carbocycles. The van der Waals surface area contributed by atoms with E-state index in [1.54, 1.807) is 0 Å². The van der Waals surface area contributed by atoms with Gasteiger partial charge in [-0.05, 0) is 24.7 Å². The fourth-order valence-corrected chi connectivity index (χ4v) is 3.09. The van der Waals surface area contributed by atoms with Gasteiger partial charge in [0.05, 0.1) is 13.2 Å². The van der Waals surface area contributed by atoms with Crippen LogP contribution in [0.1, 0.15) is 26.7 Å². The van der Waals surface area contributed by atoms with E-state index in [1.165, 1.54) is 12.8 Å². The fraction of sp³-hybridized carbons (Fsp3) is 0.846. The first-order chi connectivity index (χ1) is 7.14. The van der Waals surface area contributed by atoms with Gasteiger partial charge in [0.1, 0.15) is 0 Å². The summed E-state index contributed by atoms with van der Waals surface area (Å²) in [6.45, 7) is 6.08. The number of hydrogen-bond donors (Lipinski definition) is 0. The summed E-state index contributed by atoms with van der Waals surface area (Å²) in [4.78, 5) is 0. The Kier molecular flexibility index (Phi) is 2.18. The molecule has 0 unspecified atom stereocenters. The smallest absolute Gasteiger partial charge is 0.160 e. The summed E-state index contributed by atoms with van der Waals surface area (Å²) in [5.74, 6) is 2.15. The molecule has 1 aliphatic heterocycles. The van der Waals surface area contributed by atoms with Crippen LogP contribution in [0.2, 0.25) is 0 Å². The van der Waals surface area contributed by atoms with Gasteiger partial charge in [0, 0.05) is 11.3 Å². The van der Waals surface area contributed by atoms with Crippen molar-refractivity contribution in [1.82, 2.24) is 0 Å². The molecule has 0 N–H and O–H groups in total. The lowest BCUT2D eigenvalue weighted by Gasteiger charge is -2.38. The summed E-state index contributed by atoms with van der Waals surface area (Å²) in [5, 5.41) is 0. The quantitative estimate of drug-likeness (QED) is 0.617. The van der Waals surface area contributed by atoms with Gasteiger partial charge in [-0.25, -0.2) is 0 Å². The molecule has 0 aromatic carbocycles. The molecule has 1 heterocycles. The minimum absolute atomic E-state index is 0.0676. The van der Waals surface area contributed by atoms with Crippen molar-refractivity contribution in [2.45, 2.75) is 33.0 Å². The molecule has 84 valence electrons. The molecule has 2 aliphatic carbocycles. The van der Waals surface area contributed by atoms with Crippen LogP contribution in [-0.4, -0.2) is 19.5 Å². The zero-order valence-electron chi connectivity index (χ0n) is 9.61. The zero-order chi connectivity index (χ0) is 10.5. The normalized spacial score (nSPS) is 43.7. The van der Waals surface area contributed by atoms with Crippen LogP contribution in [0.5, 0.6) is 0 Å². The van der Waals surface area contributed by atoms with Crippen LogP contribution in [0.25, 0.3) is 0 Å². The van der Waals surface area contributed by atoms with E-state index in [0.717, 1.165) is 25.0 Å². The molecule has 0 aromatic heterocycles. The molecule has 2 bridgehead atoms. The van der Waals surface area contributed by atoms with Crippen molar-refractivity contribution in [3.05, 3.63) is 12.2 Å². The maximum atomic E-state index is 5.87. The second-order valence-electron chi connectivity index (χ2n) is 6.10. The molecule has 15 heavy (non-hydrogen) atoms. The van der Waals surface area contributed by atoms with Gasteiger partial charge in [-0.3, -0.25) is 0 Å². The van der Waals surface area contributed by atoms with Gasteiger partial charge < -0.3 is 9.47 Å². The average Bonchev–Trinajstić information content (AvgIpc) is 2.78. The van der Waals surface area contributed by atoms with E-state index < -0.39 is 0 Å². The highest BCUT2D eigenvalue weighted by atomic mass is 16.7. The third-order valence-electron chi connectivity index (χ3n) is 3.96. The molecule has 0 amide bonds. The Labute approximate surface area is 91.6 Å². The molecular weight excluding hydrogens is 188 g/mol. The lowest BCUT2D eigenvalue weighted by molar-refractivity contribution is -0.246. The number of allylic oxidation sites excluding steroid dienone is 2. The maximum absolute atomic E-state index is 5.87. The summed E-state index contributed by atoms with van der Waals surface area (Å²) in [5.41, 5.74) is 0.198. The Morgan fingerprint density at radius 1 is 1.07 bits per heavy atom. The molecule has 0 spiro atoms. The first kappa shape index (κ1) is 9.86. The first-order valence-corrected chi connectivity index (χ1v) is 6.06. The highest BCUT2D eigenvalue weighted by Crippen LogP contribution is 2.46. The van der Waals surface area contributed by atoms with Crippen LogP contribution in [0.3, 0.4) is 0 Å². The molecule has 0 radical (unpaired) electrons. The monoisotopic (exact) mass is 208 g/mol. The minimum Gasteiger partial charge on any atom is -0.352 e. The van der Waals surface area contributed by atoms with E-state index >= 15 is 0 Å². The lowest BCUT2D eigenvalue weighted by atomic mass is 9.90. The Hall–Kier alpha value is -0.340. The summed E-state index contributed by atoms with van der Waals surface area (Å²) in [7, 11) is 0. The van der Waals surface area contributed by atoms with Crippen molar-refractivity contribution in [2.24, 2.45) is 23.2 Å². The third-order valence-corrected chi connectivity index (χ3v) is 3.96. The van der Waals surface area contributed by atoms with Gasteiger partial charge in [-0.1, -0.05) is 26.0 Å². The van der Waals surface area contributed by atoms with E-state index in [9.17, 15) is 0 Å². The van der Waals surface area contributed by atoms with Gasteiger partial charge >= 0.3 is 0 Å². The van der Waals surface area contributed by atoms with Crippen LogP contribution in [-0.2, 0) is 9.47 Å². The summed E-state index contributed by atoms with van der Waals surface area (Å²) < 4.78 is 11.7. The van der Waals surface area contributed by atoms with E-state index in [2.05, 4.69) is 26.0 Å². The summed E-state index contributed by atoms with van der Waals surface area (Å²) >= 11 is 0. The van der Waals surface area contributed by atoms with E-state index in [-0.39, 0.29) is 11.7 Å². The summed E-state index contributed by atoms with van der Waals surface area (Å²) in [6, 6.07) is 0. The largest absolute Gasteiger partial charge is 0.352 e. The van der Waals surface area contributed by atoms with E-state index in [0.29, 0.717) is 5.92 Å². The lowest BCUT2D eigenvalue weighted by Crippen LogP contribution is -2.42. The molecule has 3 rings (SSSR count). The van der Waals surface area contributed by atoms with E-state index in [1.807, 2.05) is 0 Å². The molecule has 0 aromatic rings. The number of hydrogen-bond acceptors (Lipinski definition) is 2. The molecular formula is C13H20O2. The molecule has 2 fully saturated rings. The topological polar surface area (TPSA) is 18.5 Å². The molecule has 2 heteroatoms. The van der Waals surface area contributed by atoms with Gasteiger partial charge in [0.25, 0.3) is 0 Å². The second-order valence-corrected chi connectivity index (χ2v) is 6.10.